The van der Waals surface area contributed by atoms with Gasteiger partial charge in [-0.05, 0) is 77.1 Å². The van der Waals surface area contributed by atoms with E-state index < -0.39 is 0 Å². The second-order valence-corrected chi connectivity index (χ2v) is 10.9. The van der Waals surface area contributed by atoms with Crippen molar-refractivity contribution in [2.45, 2.75) is 31.9 Å². The van der Waals surface area contributed by atoms with Gasteiger partial charge < -0.3 is 10.1 Å². The average molecular weight is 521 g/mol. The molecule has 40 heavy (non-hydrogen) atoms. The van der Waals surface area contributed by atoms with Crippen molar-refractivity contribution in [3.8, 4) is 5.75 Å². The minimum Gasteiger partial charge on any atom is -0.488 e. The molecular formula is C37H32N2O. The van der Waals surface area contributed by atoms with E-state index in [1.165, 1.54) is 38.7 Å². The summed E-state index contributed by atoms with van der Waals surface area (Å²) < 4.78 is 6.29. The van der Waals surface area contributed by atoms with E-state index in [0.717, 1.165) is 23.4 Å². The summed E-state index contributed by atoms with van der Waals surface area (Å²) in [6.45, 7) is 2.68. The van der Waals surface area contributed by atoms with Gasteiger partial charge in [-0.1, -0.05) is 96.6 Å². The van der Waals surface area contributed by atoms with Crippen LogP contribution in [-0.4, -0.2) is 6.21 Å². The Labute approximate surface area is 235 Å². The molecule has 0 saturated carbocycles. The van der Waals surface area contributed by atoms with Crippen molar-refractivity contribution < 1.29 is 4.74 Å². The van der Waals surface area contributed by atoms with Crippen LogP contribution >= 0.6 is 0 Å². The Balaban J connectivity index is 1.08. The van der Waals surface area contributed by atoms with Crippen LogP contribution in [0, 0.1) is 12.8 Å². The number of allylic oxidation sites excluding steroid dienone is 2. The molecule has 0 bridgehead atoms. The third-order valence-corrected chi connectivity index (χ3v) is 8.31. The number of ether oxygens (including phenoxy) is 1. The van der Waals surface area contributed by atoms with Gasteiger partial charge in [-0.15, -0.1) is 0 Å². The molecule has 0 unspecified atom stereocenters. The number of aryl methyl sites for hydroxylation is 1. The number of hydrogen-bond acceptors (Lipinski definition) is 3. The van der Waals surface area contributed by atoms with Crippen LogP contribution in [0.4, 0.5) is 11.4 Å². The van der Waals surface area contributed by atoms with Crippen molar-refractivity contribution in [2.75, 3.05) is 5.32 Å². The molecule has 0 fully saturated rings. The molecule has 5 aromatic rings. The van der Waals surface area contributed by atoms with Gasteiger partial charge in [0.05, 0.1) is 11.7 Å². The van der Waals surface area contributed by atoms with Gasteiger partial charge in [0, 0.05) is 23.4 Å². The van der Waals surface area contributed by atoms with E-state index in [0.29, 0.717) is 18.4 Å². The van der Waals surface area contributed by atoms with Crippen LogP contribution in [0.15, 0.2) is 126 Å². The lowest BCUT2D eigenvalue weighted by Gasteiger charge is -2.37. The maximum Gasteiger partial charge on any atom is 0.128 e. The van der Waals surface area contributed by atoms with Gasteiger partial charge in [0.15, 0.2) is 0 Å². The highest BCUT2D eigenvalue weighted by Crippen LogP contribution is 2.50. The first-order chi connectivity index (χ1) is 19.7. The van der Waals surface area contributed by atoms with Crippen LogP contribution in [0.5, 0.6) is 5.75 Å². The summed E-state index contributed by atoms with van der Waals surface area (Å²) in [5.74, 6) is 1.84. The molecule has 3 nitrogen and oxygen atoms in total. The highest BCUT2D eigenvalue weighted by atomic mass is 16.5. The molecule has 1 heterocycles. The Morgan fingerprint density at radius 3 is 2.62 bits per heavy atom. The molecule has 1 aliphatic carbocycles. The number of aliphatic imine (C=N–C) groups is 1. The summed E-state index contributed by atoms with van der Waals surface area (Å²) in [6, 6.07) is 38.6. The van der Waals surface area contributed by atoms with E-state index in [1.807, 2.05) is 24.4 Å². The number of nitrogens with one attached hydrogen (secondary N) is 1. The van der Waals surface area contributed by atoms with Crippen LogP contribution in [0.3, 0.4) is 0 Å². The summed E-state index contributed by atoms with van der Waals surface area (Å²) >= 11 is 0. The van der Waals surface area contributed by atoms with Gasteiger partial charge in [0.25, 0.3) is 0 Å². The van der Waals surface area contributed by atoms with Crippen LogP contribution < -0.4 is 10.1 Å². The van der Waals surface area contributed by atoms with Crippen molar-refractivity contribution >= 4 is 28.4 Å². The number of hydrogen-bond donors (Lipinski definition) is 1. The smallest absolute Gasteiger partial charge is 0.128 e. The largest absolute Gasteiger partial charge is 0.488 e. The topological polar surface area (TPSA) is 33.6 Å². The average Bonchev–Trinajstić information content (AvgIpc) is 3.50. The van der Waals surface area contributed by atoms with E-state index in [-0.39, 0.29) is 6.04 Å². The van der Waals surface area contributed by atoms with Gasteiger partial charge in [0.1, 0.15) is 12.4 Å². The van der Waals surface area contributed by atoms with Crippen molar-refractivity contribution in [3.05, 3.63) is 149 Å². The number of rotatable bonds is 6. The maximum absolute atomic E-state index is 6.29. The number of anilines is 1. The first kappa shape index (κ1) is 24.4. The fourth-order valence-corrected chi connectivity index (χ4v) is 6.25. The third kappa shape index (κ3) is 4.69. The third-order valence-electron chi connectivity index (χ3n) is 8.31. The second-order valence-electron chi connectivity index (χ2n) is 10.9. The molecule has 196 valence electrons. The maximum atomic E-state index is 6.29. The Kier molecular flexibility index (Phi) is 6.41. The first-order valence-corrected chi connectivity index (χ1v) is 14.1. The summed E-state index contributed by atoms with van der Waals surface area (Å²) in [5, 5.41) is 6.29. The lowest BCUT2D eigenvalue weighted by atomic mass is 9.76. The van der Waals surface area contributed by atoms with E-state index in [2.05, 4.69) is 115 Å². The standard InChI is InChI=1S/C37H32N2O/c1-25-16-21-35-34(22-25)32-13-7-14-33(32)37(39-35)27-17-19-30(20-18-27)38-23-28-9-3-5-15-36(28)40-24-29-11-6-10-26-8-2-4-12-31(26)29/h2-13,15-23,32-33,37,39H,14,24H2,1H3/t32-,33-,37+/m1/s1. The molecule has 0 aromatic heterocycles. The summed E-state index contributed by atoms with van der Waals surface area (Å²) in [4.78, 5) is 4.80. The van der Waals surface area contributed by atoms with E-state index in [4.69, 9.17) is 9.73 Å². The zero-order chi connectivity index (χ0) is 26.9. The van der Waals surface area contributed by atoms with E-state index in [1.54, 1.807) is 0 Å². The fourth-order valence-electron chi connectivity index (χ4n) is 6.25. The fraction of sp³-hybridized carbons (Fsp3) is 0.162. The molecule has 2 aliphatic rings. The number of nitrogens with zero attached hydrogens (tertiary/aromatic N) is 1. The molecule has 3 atom stereocenters. The van der Waals surface area contributed by atoms with Crippen LogP contribution in [0.2, 0.25) is 0 Å². The molecule has 5 aromatic carbocycles. The zero-order valence-corrected chi connectivity index (χ0v) is 22.6. The quantitative estimate of drug-likeness (QED) is 0.179. The molecule has 0 amide bonds. The normalized spacial score (nSPS) is 19.4. The van der Waals surface area contributed by atoms with Crippen LogP contribution in [0.25, 0.3) is 10.8 Å². The van der Waals surface area contributed by atoms with Gasteiger partial charge >= 0.3 is 0 Å². The zero-order valence-electron chi connectivity index (χ0n) is 22.6. The predicted molar refractivity (Wildman–Crippen MR) is 166 cm³/mol. The number of para-hydroxylation sites is 1. The molecule has 1 N–H and O–H groups in total. The monoisotopic (exact) mass is 520 g/mol. The SMILES string of the molecule is Cc1ccc2c(c1)[C@@H]1C=CC[C@H]1[C@H](c1ccc(N=Cc3ccccc3OCc3cccc4ccccc34)cc1)N2. The van der Waals surface area contributed by atoms with Crippen molar-refractivity contribution in [1.29, 1.82) is 0 Å². The Hall–Kier alpha value is -4.63. The van der Waals surface area contributed by atoms with Crippen molar-refractivity contribution in [3.63, 3.8) is 0 Å². The van der Waals surface area contributed by atoms with Gasteiger partial charge in [-0.3, -0.25) is 4.99 Å². The number of benzene rings is 5. The summed E-state index contributed by atoms with van der Waals surface area (Å²) in [5.41, 5.74) is 8.38. The Bertz CT molecular complexity index is 1730. The molecule has 0 radical (unpaired) electrons. The van der Waals surface area contributed by atoms with Gasteiger partial charge in [0.2, 0.25) is 0 Å². The highest BCUT2D eigenvalue weighted by Gasteiger charge is 2.37. The molecule has 0 spiro atoms. The minimum atomic E-state index is 0.288. The Morgan fingerprint density at radius 2 is 1.70 bits per heavy atom. The van der Waals surface area contributed by atoms with Crippen LogP contribution in [0.1, 0.15) is 46.2 Å². The van der Waals surface area contributed by atoms with E-state index >= 15 is 0 Å². The van der Waals surface area contributed by atoms with Crippen LogP contribution in [-0.2, 0) is 6.61 Å². The first-order valence-electron chi connectivity index (χ1n) is 14.1. The molecule has 7 rings (SSSR count). The summed E-state index contributed by atoms with van der Waals surface area (Å²) in [7, 11) is 0. The number of fused-ring (bicyclic) bond motifs is 4. The van der Waals surface area contributed by atoms with Crippen molar-refractivity contribution in [2.24, 2.45) is 10.9 Å². The Morgan fingerprint density at radius 1 is 0.875 bits per heavy atom. The highest BCUT2D eigenvalue weighted by molar-refractivity contribution is 5.86. The molecule has 0 saturated heterocycles. The summed E-state index contributed by atoms with van der Waals surface area (Å²) in [6.07, 6.45) is 7.75. The van der Waals surface area contributed by atoms with Gasteiger partial charge in [-0.2, -0.15) is 0 Å². The van der Waals surface area contributed by atoms with Crippen molar-refractivity contribution in [1.82, 2.24) is 0 Å². The molecule has 1 aliphatic heterocycles. The second kappa shape index (κ2) is 10.5. The lowest BCUT2D eigenvalue weighted by Crippen LogP contribution is -2.29. The molecular weight excluding hydrogens is 488 g/mol. The lowest BCUT2D eigenvalue weighted by molar-refractivity contribution is 0.307. The van der Waals surface area contributed by atoms with E-state index in [9.17, 15) is 0 Å². The minimum absolute atomic E-state index is 0.288. The predicted octanol–water partition coefficient (Wildman–Crippen LogP) is 9.30. The molecule has 3 heteroatoms. The van der Waals surface area contributed by atoms with Gasteiger partial charge in [-0.25, -0.2) is 0 Å².